The second-order valence-electron chi connectivity index (χ2n) is 6.45. The second-order valence-corrected chi connectivity index (χ2v) is 6.45. The van der Waals surface area contributed by atoms with Gasteiger partial charge in [-0.15, -0.1) is 0 Å². The molecular formula is C24H21NO5. The molecule has 0 aliphatic carbocycles. The van der Waals surface area contributed by atoms with Gasteiger partial charge in [0.25, 0.3) is 0 Å². The monoisotopic (exact) mass is 403 g/mol. The van der Waals surface area contributed by atoms with Crippen LogP contribution >= 0.6 is 0 Å². The average molecular weight is 403 g/mol. The highest BCUT2D eigenvalue weighted by atomic mass is 16.6. The van der Waals surface area contributed by atoms with Crippen LogP contribution < -0.4 is 4.90 Å². The maximum atomic E-state index is 12.7. The Morgan fingerprint density at radius 3 is 1.57 bits per heavy atom. The number of amides is 2. The Balaban J connectivity index is 1.75. The van der Waals surface area contributed by atoms with Gasteiger partial charge in [-0.05, 0) is 28.8 Å². The molecule has 6 nitrogen and oxygen atoms in total. The average Bonchev–Trinajstić information content (AvgIpc) is 2.79. The van der Waals surface area contributed by atoms with Crippen LogP contribution in [0.2, 0.25) is 0 Å². The molecule has 3 rings (SSSR count). The van der Waals surface area contributed by atoms with Gasteiger partial charge in [-0.1, -0.05) is 72.8 Å². The summed E-state index contributed by atoms with van der Waals surface area (Å²) in [6, 6.07) is 24.8. The third kappa shape index (κ3) is 5.78. The first-order chi connectivity index (χ1) is 14.7. The summed E-state index contributed by atoms with van der Waals surface area (Å²) >= 11 is 0. The van der Waals surface area contributed by atoms with Gasteiger partial charge >= 0.3 is 12.2 Å². The number of carbonyl (C=O) groups is 3. The first-order valence-electron chi connectivity index (χ1n) is 9.41. The predicted molar refractivity (Wildman–Crippen MR) is 112 cm³/mol. The summed E-state index contributed by atoms with van der Waals surface area (Å²) in [5.41, 5.74) is 2.65. The Morgan fingerprint density at radius 1 is 0.667 bits per heavy atom. The van der Waals surface area contributed by atoms with Gasteiger partial charge in [0.2, 0.25) is 0 Å². The first kappa shape index (κ1) is 20.8. The maximum absolute atomic E-state index is 12.7. The third-order valence-corrected chi connectivity index (χ3v) is 4.29. The molecule has 0 aliphatic rings. The van der Waals surface area contributed by atoms with E-state index in [4.69, 9.17) is 9.47 Å². The number of rotatable bonds is 7. The first-order valence-corrected chi connectivity index (χ1v) is 9.41. The molecule has 152 valence electrons. The standard InChI is InChI=1S/C24H21NO5/c26-16-15-19-11-13-22(14-12-19)25(23(27)29-17-20-7-3-1-4-8-20)24(28)30-18-21-9-5-2-6-10-21/h1-14,16H,15,17-18H2. The topological polar surface area (TPSA) is 72.9 Å². The quantitative estimate of drug-likeness (QED) is 0.524. The van der Waals surface area contributed by atoms with Gasteiger partial charge in [-0.3, -0.25) is 0 Å². The smallest absolute Gasteiger partial charge is 0.424 e. The molecule has 30 heavy (non-hydrogen) atoms. The Morgan fingerprint density at radius 2 is 1.13 bits per heavy atom. The molecular weight excluding hydrogens is 382 g/mol. The molecule has 6 heteroatoms. The van der Waals surface area contributed by atoms with E-state index in [1.165, 1.54) is 0 Å². The van der Waals surface area contributed by atoms with Gasteiger partial charge in [-0.25, -0.2) is 9.59 Å². The molecule has 0 heterocycles. The van der Waals surface area contributed by atoms with Crippen molar-refractivity contribution in [1.29, 1.82) is 0 Å². The molecule has 0 radical (unpaired) electrons. The normalized spacial score (nSPS) is 10.1. The number of nitrogens with zero attached hydrogens (tertiary/aromatic N) is 1. The number of benzene rings is 3. The van der Waals surface area contributed by atoms with Crippen LogP contribution in [-0.4, -0.2) is 18.5 Å². The molecule has 0 aromatic heterocycles. The van der Waals surface area contributed by atoms with E-state index in [0.717, 1.165) is 27.9 Å². The number of hydrogen-bond donors (Lipinski definition) is 0. The van der Waals surface area contributed by atoms with Crippen molar-refractivity contribution in [3.8, 4) is 0 Å². The lowest BCUT2D eigenvalue weighted by Crippen LogP contribution is -2.37. The maximum Gasteiger partial charge on any atom is 0.424 e. The minimum absolute atomic E-state index is 0.0192. The Bertz CT molecular complexity index is 916. The summed E-state index contributed by atoms with van der Waals surface area (Å²) in [5.74, 6) is 0. The van der Waals surface area contributed by atoms with E-state index in [-0.39, 0.29) is 19.6 Å². The lowest BCUT2D eigenvalue weighted by atomic mass is 10.1. The van der Waals surface area contributed by atoms with Crippen LogP contribution in [0.4, 0.5) is 15.3 Å². The fraction of sp³-hybridized carbons (Fsp3) is 0.125. The number of hydrogen-bond acceptors (Lipinski definition) is 5. The van der Waals surface area contributed by atoms with Crippen molar-refractivity contribution >= 4 is 24.2 Å². The van der Waals surface area contributed by atoms with Crippen molar-refractivity contribution in [2.45, 2.75) is 19.6 Å². The summed E-state index contributed by atoms with van der Waals surface area (Å²) < 4.78 is 10.7. The van der Waals surface area contributed by atoms with E-state index in [9.17, 15) is 14.4 Å². The Hall–Kier alpha value is -3.93. The van der Waals surface area contributed by atoms with Crippen molar-refractivity contribution in [3.05, 3.63) is 102 Å². The Kier molecular flexibility index (Phi) is 7.33. The van der Waals surface area contributed by atoms with E-state index in [0.29, 0.717) is 5.69 Å². The highest BCUT2D eigenvalue weighted by molar-refractivity contribution is 6.09. The summed E-state index contributed by atoms with van der Waals surface area (Å²) in [7, 11) is 0. The summed E-state index contributed by atoms with van der Waals surface area (Å²) in [5, 5.41) is 0. The van der Waals surface area contributed by atoms with Crippen molar-refractivity contribution in [2.24, 2.45) is 0 Å². The molecule has 0 atom stereocenters. The zero-order valence-electron chi connectivity index (χ0n) is 16.3. The molecule has 0 N–H and O–H groups in total. The van der Waals surface area contributed by atoms with Crippen molar-refractivity contribution in [1.82, 2.24) is 0 Å². The van der Waals surface area contributed by atoms with Gasteiger partial charge in [-0.2, -0.15) is 4.90 Å². The minimum atomic E-state index is -0.847. The van der Waals surface area contributed by atoms with Gasteiger partial charge in [0.05, 0.1) is 5.69 Å². The number of anilines is 1. The van der Waals surface area contributed by atoms with E-state index in [1.54, 1.807) is 24.3 Å². The zero-order chi connectivity index (χ0) is 21.2. The summed E-state index contributed by atoms with van der Waals surface area (Å²) in [4.78, 5) is 37.0. The fourth-order valence-corrected chi connectivity index (χ4v) is 2.73. The summed E-state index contributed by atoms with van der Waals surface area (Å²) in [6.07, 6.45) is -0.660. The van der Waals surface area contributed by atoms with Crippen LogP contribution in [0, 0.1) is 0 Å². The van der Waals surface area contributed by atoms with E-state index >= 15 is 0 Å². The lowest BCUT2D eigenvalue weighted by Gasteiger charge is -2.20. The fourth-order valence-electron chi connectivity index (χ4n) is 2.73. The molecule has 0 fully saturated rings. The van der Waals surface area contributed by atoms with Crippen molar-refractivity contribution in [3.63, 3.8) is 0 Å². The van der Waals surface area contributed by atoms with E-state index in [2.05, 4.69) is 0 Å². The SMILES string of the molecule is O=CCc1ccc(N(C(=O)OCc2ccccc2)C(=O)OCc2ccccc2)cc1. The largest absolute Gasteiger partial charge is 0.444 e. The van der Waals surface area contributed by atoms with Crippen LogP contribution in [0.1, 0.15) is 16.7 Å². The van der Waals surface area contributed by atoms with Crippen LogP contribution in [0.5, 0.6) is 0 Å². The molecule has 3 aromatic carbocycles. The van der Waals surface area contributed by atoms with E-state index < -0.39 is 12.2 Å². The molecule has 0 spiro atoms. The van der Waals surface area contributed by atoms with Crippen LogP contribution in [0.25, 0.3) is 0 Å². The second kappa shape index (κ2) is 10.6. The number of aldehydes is 1. The molecule has 0 aliphatic heterocycles. The van der Waals surface area contributed by atoms with Crippen molar-refractivity contribution in [2.75, 3.05) is 4.90 Å². The van der Waals surface area contributed by atoms with Gasteiger partial charge < -0.3 is 14.3 Å². The minimum Gasteiger partial charge on any atom is -0.444 e. The number of ether oxygens (including phenoxy) is 2. The Labute approximate surface area is 174 Å². The van der Waals surface area contributed by atoms with E-state index in [1.807, 2.05) is 60.7 Å². The zero-order valence-corrected chi connectivity index (χ0v) is 16.3. The number of carbonyl (C=O) groups excluding carboxylic acids is 3. The predicted octanol–water partition coefficient (Wildman–Crippen LogP) is 4.91. The van der Waals surface area contributed by atoms with Crippen LogP contribution in [0.3, 0.4) is 0 Å². The van der Waals surface area contributed by atoms with Crippen LogP contribution in [-0.2, 0) is 33.9 Å². The lowest BCUT2D eigenvalue weighted by molar-refractivity contribution is -0.107. The van der Waals surface area contributed by atoms with Gasteiger partial charge in [0.1, 0.15) is 19.5 Å². The summed E-state index contributed by atoms with van der Waals surface area (Å²) in [6.45, 7) is 0.0384. The molecule has 0 unspecified atom stereocenters. The molecule has 0 saturated heterocycles. The highest BCUT2D eigenvalue weighted by Crippen LogP contribution is 2.19. The van der Waals surface area contributed by atoms with Crippen molar-refractivity contribution < 1.29 is 23.9 Å². The molecule has 0 bridgehead atoms. The molecule has 3 aromatic rings. The van der Waals surface area contributed by atoms with Crippen LogP contribution in [0.15, 0.2) is 84.9 Å². The third-order valence-electron chi connectivity index (χ3n) is 4.29. The molecule has 2 amide bonds. The van der Waals surface area contributed by atoms with Gasteiger partial charge in [0.15, 0.2) is 0 Å². The highest BCUT2D eigenvalue weighted by Gasteiger charge is 2.27. The molecule has 0 saturated carbocycles. The number of imide groups is 1. The van der Waals surface area contributed by atoms with Gasteiger partial charge in [0, 0.05) is 6.42 Å².